The second-order valence-corrected chi connectivity index (χ2v) is 10.7. The van der Waals surface area contributed by atoms with Crippen LogP contribution in [0.15, 0.2) is 0 Å². The fourth-order valence-electron chi connectivity index (χ4n) is 0.499. The Labute approximate surface area is 95.3 Å². The molecule has 2 nitrogen and oxygen atoms in total. The molecule has 0 saturated heterocycles. The van der Waals surface area contributed by atoms with Gasteiger partial charge in [0.25, 0.3) is 0 Å². The van der Waals surface area contributed by atoms with Crippen molar-refractivity contribution in [2.75, 3.05) is 0 Å². The van der Waals surface area contributed by atoms with Crippen molar-refractivity contribution in [2.24, 2.45) is 5.41 Å². The van der Waals surface area contributed by atoms with Crippen molar-refractivity contribution in [1.82, 2.24) is 0 Å². The Hall–Kier alpha value is 1.07. The predicted octanol–water partition coefficient (Wildman–Crippen LogP) is 2.41. The molecule has 0 aromatic rings. The summed E-state index contributed by atoms with van der Waals surface area (Å²) in [5.41, 5.74) is -0.894. The molecule has 0 aliphatic heterocycles. The van der Waals surface area contributed by atoms with Crippen LogP contribution in [0.2, 0.25) is 0 Å². The van der Waals surface area contributed by atoms with E-state index in [1.54, 1.807) is 27.1 Å². The average Bonchev–Trinajstić information content (AvgIpc) is 2.04. The van der Waals surface area contributed by atoms with Crippen molar-refractivity contribution in [3.63, 3.8) is 0 Å². The molecule has 0 bridgehead atoms. The molecule has 0 unspecified atom stereocenters. The fraction of sp³-hybridized carbons (Fsp3) is 0.714. The first-order valence-electron chi connectivity index (χ1n) is 3.50. The van der Waals surface area contributed by atoms with Crippen LogP contribution < -0.4 is 0 Å². The maximum absolute atomic E-state index is 10.8. The Morgan fingerprint density at radius 1 is 1.50 bits per heavy atom. The SMILES string of the molecule is CCC(=O)C(C)(C)[C]=O.[Br][Mg][Br]. The third-order valence-corrected chi connectivity index (χ3v) is 1.27. The summed E-state index contributed by atoms with van der Waals surface area (Å²) in [4.78, 5) is 20.9. The lowest BCUT2D eigenvalue weighted by atomic mass is 9.89. The van der Waals surface area contributed by atoms with E-state index in [1.807, 2.05) is 0 Å². The standard InChI is InChI=1S/C7H11O2.2BrH.Mg/c1-4-6(9)7(2,3)5-8;;;/h4H2,1-3H3;2*1H;/q;;;+2/p-2. The Morgan fingerprint density at radius 2 is 1.83 bits per heavy atom. The first kappa shape index (κ1) is 15.5. The van der Waals surface area contributed by atoms with Crippen molar-refractivity contribution in [3.05, 3.63) is 0 Å². The van der Waals surface area contributed by atoms with Crippen LogP contribution in [0.4, 0.5) is 0 Å². The molecule has 0 amide bonds. The van der Waals surface area contributed by atoms with Crippen molar-refractivity contribution in [3.8, 4) is 0 Å². The van der Waals surface area contributed by atoms with Gasteiger partial charge in [-0.05, 0) is 13.8 Å². The van der Waals surface area contributed by atoms with Gasteiger partial charge in [-0.2, -0.15) is 0 Å². The highest BCUT2D eigenvalue weighted by Crippen LogP contribution is 2.13. The molecule has 67 valence electrons. The highest BCUT2D eigenvalue weighted by Gasteiger charge is 2.25. The van der Waals surface area contributed by atoms with Crippen LogP contribution in [0.3, 0.4) is 0 Å². The van der Waals surface area contributed by atoms with E-state index in [2.05, 4.69) is 25.8 Å². The number of carbonyl (C=O) groups is 1. The van der Waals surface area contributed by atoms with Gasteiger partial charge in [0.15, 0.2) is 0 Å². The second kappa shape index (κ2) is 8.66. The molecule has 0 aliphatic rings. The van der Waals surface area contributed by atoms with Gasteiger partial charge in [-0.1, -0.05) is 6.92 Å². The average molecular weight is 311 g/mol. The number of ketones is 1. The molecule has 0 heterocycles. The lowest BCUT2D eigenvalue weighted by Gasteiger charge is -2.10. The van der Waals surface area contributed by atoms with Crippen molar-refractivity contribution in [2.45, 2.75) is 27.2 Å². The first-order chi connectivity index (χ1) is 5.46. The molecule has 0 aliphatic carbocycles. The summed E-state index contributed by atoms with van der Waals surface area (Å²) in [5, 5.41) is 0. The van der Waals surface area contributed by atoms with E-state index in [9.17, 15) is 9.59 Å². The topological polar surface area (TPSA) is 34.1 Å². The molecule has 1 radical (unpaired) electrons. The molecule has 0 rings (SSSR count). The normalized spacial score (nSPS) is 9.08. The van der Waals surface area contributed by atoms with Crippen LogP contribution in [0.25, 0.3) is 0 Å². The van der Waals surface area contributed by atoms with E-state index in [0.717, 1.165) is 0 Å². The molecular weight excluding hydrogens is 300 g/mol. The van der Waals surface area contributed by atoms with Gasteiger partial charge >= 0.3 is 16.0 Å². The number of halogens is 2. The summed E-state index contributed by atoms with van der Waals surface area (Å²) in [7, 11) is 0. The Balaban J connectivity index is 0. The molecule has 5 heteroatoms. The minimum absolute atomic E-state index is 0.0417. The molecule has 0 aromatic heterocycles. The van der Waals surface area contributed by atoms with E-state index >= 15 is 0 Å². The van der Waals surface area contributed by atoms with Gasteiger partial charge in [-0.15, -0.1) is 0 Å². The minimum Gasteiger partial charge on any atom is -0.299 e. The Morgan fingerprint density at radius 3 is 1.92 bits per heavy atom. The van der Waals surface area contributed by atoms with Gasteiger partial charge in [-0.25, -0.2) is 0 Å². The van der Waals surface area contributed by atoms with Crippen LogP contribution >= 0.6 is 25.8 Å². The first-order valence-corrected chi connectivity index (χ1v) is 11.3. The van der Waals surface area contributed by atoms with Crippen molar-refractivity contribution >= 4 is 53.9 Å². The van der Waals surface area contributed by atoms with E-state index in [0.29, 0.717) is 6.42 Å². The van der Waals surface area contributed by atoms with Gasteiger partial charge in [0.05, 0.1) is 5.41 Å². The van der Waals surface area contributed by atoms with Gasteiger partial charge < -0.3 is 0 Å². The van der Waals surface area contributed by atoms with E-state index in [4.69, 9.17) is 0 Å². The van der Waals surface area contributed by atoms with Gasteiger partial charge in [0, 0.05) is 6.42 Å². The maximum atomic E-state index is 10.8. The predicted molar refractivity (Wildman–Crippen MR) is 58.4 cm³/mol. The summed E-state index contributed by atoms with van der Waals surface area (Å²) in [5.74, 6) is -0.0579. The van der Waals surface area contributed by atoms with Gasteiger partial charge in [0.2, 0.25) is 6.29 Å². The number of hydrogen-bond acceptors (Lipinski definition) is 2. The summed E-state index contributed by atoms with van der Waals surface area (Å²) in [6.07, 6.45) is 2.10. The smallest absolute Gasteiger partial charge is 0.299 e. The van der Waals surface area contributed by atoms with Crippen molar-refractivity contribution in [1.29, 1.82) is 0 Å². The lowest BCUT2D eigenvalue weighted by Crippen LogP contribution is -2.24. The second-order valence-electron chi connectivity index (χ2n) is 2.60. The number of rotatable bonds is 3. The van der Waals surface area contributed by atoms with E-state index in [1.165, 1.54) is 0 Å². The lowest BCUT2D eigenvalue weighted by molar-refractivity contribution is -0.123. The van der Waals surface area contributed by atoms with E-state index < -0.39 is 5.41 Å². The zero-order valence-electron chi connectivity index (χ0n) is 7.49. The minimum atomic E-state index is -0.894. The number of Topliss-reactive ketones (excluding diaryl/α,β-unsaturated/α-hetero) is 1. The van der Waals surface area contributed by atoms with Crippen LogP contribution in [0, 0.1) is 5.41 Å². The zero-order valence-corrected chi connectivity index (χ0v) is 12.1. The Kier molecular flexibility index (Phi) is 11.2. The molecule has 0 aromatic carbocycles. The third kappa shape index (κ3) is 7.70. The highest BCUT2D eigenvalue weighted by molar-refractivity contribution is 9.47. The molecule has 0 spiro atoms. The summed E-state index contributed by atoms with van der Waals surface area (Å²) in [6.45, 7) is 4.89. The monoisotopic (exact) mass is 309 g/mol. The molecule has 0 saturated carbocycles. The van der Waals surface area contributed by atoms with Crippen LogP contribution in [0.5, 0.6) is 0 Å². The fourth-order valence-corrected chi connectivity index (χ4v) is 0.499. The molecule has 0 fully saturated rings. The van der Waals surface area contributed by atoms with Crippen LogP contribution in [-0.4, -0.2) is 28.1 Å². The summed E-state index contributed by atoms with van der Waals surface area (Å²) >= 11 is 6.44. The number of hydrogen-bond donors (Lipinski definition) is 0. The maximum Gasteiger partial charge on any atom is 0.560 e. The molecule has 0 atom stereocenters. The highest BCUT2D eigenvalue weighted by atomic mass is 79.9. The quantitative estimate of drug-likeness (QED) is 0.592. The third-order valence-electron chi connectivity index (χ3n) is 1.27. The molecular formula is C7H11Br2MgO2. The summed E-state index contributed by atoms with van der Waals surface area (Å²) < 4.78 is 0. The van der Waals surface area contributed by atoms with Crippen LogP contribution in [0.1, 0.15) is 27.2 Å². The molecule has 12 heavy (non-hydrogen) atoms. The zero-order chi connectivity index (χ0) is 10.2. The summed E-state index contributed by atoms with van der Waals surface area (Å²) in [6, 6.07) is 0. The van der Waals surface area contributed by atoms with Crippen LogP contribution in [-0.2, 0) is 9.59 Å². The van der Waals surface area contributed by atoms with Gasteiger partial charge in [-0.3, -0.25) is 35.4 Å². The number of carbonyl (C=O) groups excluding carboxylic acids is 2. The largest absolute Gasteiger partial charge is 0.560 e. The molecule has 0 N–H and O–H groups in total. The van der Waals surface area contributed by atoms with Gasteiger partial charge in [0.1, 0.15) is 5.78 Å². The Bertz CT molecular complexity index is 148. The van der Waals surface area contributed by atoms with E-state index in [-0.39, 0.29) is 21.8 Å². The van der Waals surface area contributed by atoms with Crippen molar-refractivity contribution < 1.29 is 9.59 Å².